The maximum absolute atomic E-state index is 10.1. The van der Waals surface area contributed by atoms with Crippen molar-refractivity contribution in [3.05, 3.63) is 12.2 Å². The quantitative estimate of drug-likeness (QED) is 0.390. The third-order valence-electron chi connectivity index (χ3n) is 11.7. The molecule has 1 nitrogen and oxygen atoms in total. The molecule has 0 unspecified atom stereocenters. The highest BCUT2D eigenvalue weighted by atomic mass is 16.3. The van der Waals surface area contributed by atoms with E-state index < -0.39 is 5.60 Å². The van der Waals surface area contributed by atoms with Crippen molar-refractivity contribution in [1.29, 1.82) is 0 Å². The van der Waals surface area contributed by atoms with Crippen molar-refractivity contribution in [2.75, 3.05) is 0 Å². The van der Waals surface area contributed by atoms with E-state index in [2.05, 4.69) is 39.8 Å². The van der Waals surface area contributed by atoms with Gasteiger partial charge in [-0.05, 0) is 137 Å². The lowest BCUT2D eigenvalue weighted by Crippen LogP contribution is -2.54. The Hall–Kier alpha value is -0.300. The summed E-state index contributed by atoms with van der Waals surface area (Å²) in [6.07, 6.45) is 23.0. The van der Waals surface area contributed by atoms with Gasteiger partial charge < -0.3 is 5.11 Å². The summed E-state index contributed by atoms with van der Waals surface area (Å²) in [4.78, 5) is 0. The molecule has 0 aromatic carbocycles. The van der Waals surface area contributed by atoms with Gasteiger partial charge in [-0.1, -0.05) is 52.2 Å². The zero-order valence-corrected chi connectivity index (χ0v) is 22.3. The number of hydrogen-bond donors (Lipinski definition) is 1. The SMILES string of the molecule is C/C=C/C[C@@H]1CCC[C@@]2(C)[C@H]1CC[C@@H]1[C@@H]2CC[C@]2(C)[C@@H]([C@H](C)CCCC(C)(C)O)CC[C@@H]12. The second-order valence-electron chi connectivity index (χ2n) is 13.9. The van der Waals surface area contributed by atoms with Gasteiger partial charge in [0.25, 0.3) is 0 Å². The highest BCUT2D eigenvalue weighted by Gasteiger charge is 2.60. The van der Waals surface area contributed by atoms with Crippen molar-refractivity contribution >= 4 is 0 Å². The van der Waals surface area contributed by atoms with E-state index in [0.29, 0.717) is 10.8 Å². The molecule has 9 atom stereocenters. The minimum atomic E-state index is -0.501. The van der Waals surface area contributed by atoms with E-state index >= 15 is 0 Å². The van der Waals surface area contributed by atoms with Gasteiger partial charge >= 0.3 is 0 Å². The summed E-state index contributed by atoms with van der Waals surface area (Å²) in [6.45, 7) is 14.1. The first-order valence-corrected chi connectivity index (χ1v) is 14.4. The summed E-state index contributed by atoms with van der Waals surface area (Å²) in [6, 6.07) is 0. The van der Waals surface area contributed by atoms with Gasteiger partial charge in [-0.15, -0.1) is 0 Å². The Morgan fingerprint density at radius 3 is 2.38 bits per heavy atom. The van der Waals surface area contributed by atoms with Crippen LogP contribution in [0.3, 0.4) is 0 Å². The summed E-state index contributed by atoms with van der Waals surface area (Å²) in [7, 11) is 0. The molecular weight excluding hydrogens is 388 g/mol. The number of hydrogen-bond acceptors (Lipinski definition) is 1. The largest absolute Gasteiger partial charge is 0.390 e. The standard InChI is InChI=1S/C31H54O/c1-7-8-12-23-13-10-20-30(5)26(23)15-14-24-27-17-16-25(31(27,6)21-18-28(24)30)22(2)11-9-19-29(3,4)32/h7-8,22-28,32H,9-21H2,1-6H3/b8-7+/t22-,23-,24+,25-,26+,27+,28+,30+,31-/m1/s1. The molecule has 32 heavy (non-hydrogen) atoms. The van der Waals surface area contributed by atoms with Crippen LogP contribution in [0.25, 0.3) is 0 Å². The fourth-order valence-electron chi connectivity index (χ4n) is 10.2. The van der Waals surface area contributed by atoms with Gasteiger partial charge in [0.2, 0.25) is 0 Å². The smallest absolute Gasteiger partial charge is 0.0591 e. The summed E-state index contributed by atoms with van der Waals surface area (Å²) < 4.78 is 0. The van der Waals surface area contributed by atoms with Crippen LogP contribution in [-0.2, 0) is 0 Å². The zero-order valence-electron chi connectivity index (χ0n) is 22.3. The number of rotatable bonds is 7. The molecule has 4 fully saturated rings. The van der Waals surface area contributed by atoms with Crippen molar-refractivity contribution in [3.63, 3.8) is 0 Å². The van der Waals surface area contributed by atoms with Crippen LogP contribution in [0.4, 0.5) is 0 Å². The third-order valence-corrected chi connectivity index (χ3v) is 11.7. The third kappa shape index (κ3) is 4.50. The zero-order chi connectivity index (χ0) is 23.1. The maximum Gasteiger partial charge on any atom is 0.0591 e. The summed E-state index contributed by atoms with van der Waals surface area (Å²) in [5.74, 6) is 6.64. The monoisotopic (exact) mass is 442 g/mol. The average molecular weight is 443 g/mol. The van der Waals surface area contributed by atoms with Crippen molar-refractivity contribution in [1.82, 2.24) is 0 Å². The minimum Gasteiger partial charge on any atom is -0.390 e. The van der Waals surface area contributed by atoms with E-state index in [4.69, 9.17) is 0 Å². The molecule has 4 aliphatic rings. The highest BCUT2D eigenvalue weighted by molar-refractivity contribution is 5.10. The van der Waals surface area contributed by atoms with Crippen molar-refractivity contribution in [2.24, 2.45) is 52.3 Å². The van der Waals surface area contributed by atoms with Crippen LogP contribution >= 0.6 is 0 Å². The molecule has 0 saturated heterocycles. The maximum atomic E-state index is 10.1. The predicted molar refractivity (Wildman–Crippen MR) is 137 cm³/mol. The van der Waals surface area contributed by atoms with E-state index in [1.54, 1.807) is 0 Å². The second-order valence-corrected chi connectivity index (χ2v) is 13.9. The van der Waals surface area contributed by atoms with Crippen LogP contribution in [0.1, 0.15) is 125 Å². The van der Waals surface area contributed by atoms with E-state index in [1.165, 1.54) is 77.0 Å². The fraction of sp³-hybridized carbons (Fsp3) is 0.935. The Morgan fingerprint density at radius 1 is 0.938 bits per heavy atom. The Morgan fingerprint density at radius 2 is 1.66 bits per heavy atom. The molecule has 1 heteroatoms. The second kappa shape index (κ2) is 9.39. The molecule has 4 aliphatic carbocycles. The molecule has 0 aliphatic heterocycles. The molecule has 0 aromatic rings. The first-order chi connectivity index (χ1) is 15.1. The van der Waals surface area contributed by atoms with E-state index in [9.17, 15) is 5.11 Å². The van der Waals surface area contributed by atoms with Crippen molar-refractivity contribution in [3.8, 4) is 0 Å². The molecular formula is C31H54O. The molecule has 0 amide bonds. The topological polar surface area (TPSA) is 20.2 Å². The molecule has 4 saturated carbocycles. The summed E-state index contributed by atoms with van der Waals surface area (Å²) in [5.41, 5.74) is 0.696. The van der Waals surface area contributed by atoms with Crippen LogP contribution < -0.4 is 0 Å². The molecule has 0 spiro atoms. The normalized spacial score (nSPS) is 45.3. The average Bonchev–Trinajstić information content (AvgIpc) is 3.08. The van der Waals surface area contributed by atoms with Gasteiger partial charge in [-0.2, -0.15) is 0 Å². The van der Waals surface area contributed by atoms with Crippen LogP contribution in [0.2, 0.25) is 0 Å². The van der Waals surface area contributed by atoms with Crippen LogP contribution in [0, 0.1) is 52.3 Å². The number of fused-ring (bicyclic) bond motifs is 5. The molecule has 184 valence electrons. The number of allylic oxidation sites excluding steroid dienone is 2. The van der Waals surface area contributed by atoms with Gasteiger partial charge in [-0.25, -0.2) is 0 Å². The van der Waals surface area contributed by atoms with E-state index in [-0.39, 0.29) is 0 Å². The van der Waals surface area contributed by atoms with Gasteiger partial charge in [0.1, 0.15) is 0 Å². The predicted octanol–water partition coefficient (Wildman–Crippen LogP) is 8.81. The van der Waals surface area contributed by atoms with E-state index in [0.717, 1.165) is 47.8 Å². The van der Waals surface area contributed by atoms with Crippen molar-refractivity contribution < 1.29 is 5.11 Å². The first kappa shape index (κ1) is 24.8. The molecule has 0 aromatic heterocycles. The van der Waals surface area contributed by atoms with Crippen molar-refractivity contribution in [2.45, 2.75) is 131 Å². The minimum absolute atomic E-state index is 0.501. The lowest BCUT2D eigenvalue weighted by atomic mass is 9.43. The van der Waals surface area contributed by atoms with E-state index in [1.807, 2.05) is 13.8 Å². The Balaban J connectivity index is 1.45. The van der Waals surface area contributed by atoms with Crippen LogP contribution in [0.15, 0.2) is 12.2 Å². The lowest BCUT2D eigenvalue weighted by molar-refractivity contribution is -0.129. The van der Waals surface area contributed by atoms with Gasteiger partial charge in [0, 0.05) is 0 Å². The number of aliphatic hydroxyl groups is 1. The molecule has 1 N–H and O–H groups in total. The van der Waals surface area contributed by atoms with Gasteiger partial charge in [0.05, 0.1) is 5.60 Å². The first-order valence-electron chi connectivity index (χ1n) is 14.4. The van der Waals surface area contributed by atoms with Crippen LogP contribution in [0.5, 0.6) is 0 Å². The van der Waals surface area contributed by atoms with Gasteiger partial charge in [-0.3, -0.25) is 0 Å². The fourth-order valence-corrected chi connectivity index (χ4v) is 10.2. The Bertz CT molecular complexity index is 658. The molecule has 4 rings (SSSR count). The summed E-state index contributed by atoms with van der Waals surface area (Å²) in [5, 5.41) is 10.1. The van der Waals surface area contributed by atoms with Crippen LogP contribution in [-0.4, -0.2) is 10.7 Å². The Labute approximate surface area is 200 Å². The van der Waals surface area contributed by atoms with Gasteiger partial charge in [0.15, 0.2) is 0 Å². The summed E-state index contributed by atoms with van der Waals surface area (Å²) >= 11 is 0. The molecule has 0 radical (unpaired) electrons. The molecule has 0 heterocycles. The Kier molecular flexibility index (Phi) is 7.28. The molecule has 0 bridgehead atoms. The lowest BCUT2D eigenvalue weighted by Gasteiger charge is -2.62. The highest BCUT2D eigenvalue weighted by Crippen LogP contribution is 2.69.